The number of hydrogen-bond acceptors (Lipinski definition) is 2. The minimum Gasteiger partial charge on any atom is -0.632 e. The number of carbonyl (C=O) groups is 1. The fourth-order valence-corrected chi connectivity index (χ4v) is 2.79. The predicted octanol–water partition coefficient (Wildman–Crippen LogP) is 2.74. The van der Waals surface area contributed by atoms with Crippen molar-refractivity contribution in [2.45, 2.75) is 39.2 Å². The number of amides is 1. The molecule has 1 aliphatic rings. The topological polar surface area (TPSA) is 52.2 Å². The van der Waals surface area contributed by atoms with Gasteiger partial charge < -0.3 is 15.2 Å². The minimum absolute atomic E-state index is 0.144. The lowest BCUT2D eigenvalue weighted by molar-refractivity contribution is -0.881. The third-order valence-electron chi connectivity index (χ3n) is 4.02. The van der Waals surface area contributed by atoms with Crippen LogP contribution in [-0.2, 0) is 4.79 Å². The number of piperidine rings is 1. The molecular weight excluding hydrogens is 240 g/mol. The van der Waals surface area contributed by atoms with E-state index < -0.39 is 10.7 Å². The van der Waals surface area contributed by atoms with Gasteiger partial charge in [-0.15, -0.1) is 0 Å². The lowest BCUT2D eigenvalue weighted by Crippen LogP contribution is -2.55. The van der Waals surface area contributed by atoms with E-state index in [1.54, 1.807) is 7.05 Å². The molecule has 0 bridgehead atoms. The number of carbonyl (C=O) groups excluding carboxylic acids is 1. The molecule has 0 aromatic heterocycles. The van der Waals surface area contributed by atoms with E-state index in [1.807, 2.05) is 32.0 Å². The van der Waals surface area contributed by atoms with Crippen LogP contribution in [0, 0.1) is 19.1 Å². The smallest absolute Gasteiger partial charge is 0.283 e. The fourth-order valence-electron chi connectivity index (χ4n) is 2.79. The maximum Gasteiger partial charge on any atom is 0.283 e. The van der Waals surface area contributed by atoms with Gasteiger partial charge >= 0.3 is 0 Å². The number of para-hydroxylation sites is 1. The molecule has 1 aliphatic heterocycles. The molecule has 2 rings (SSSR count). The molecule has 0 radical (unpaired) electrons. The summed E-state index contributed by atoms with van der Waals surface area (Å²) in [5, 5.41) is 15.3. The Bertz CT molecular complexity index is 463. The van der Waals surface area contributed by atoms with Gasteiger partial charge in [0.2, 0.25) is 0 Å². The summed E-state index contributed by atoms with van der Waals surface area (Å²) in [4.78, 5) is 12.4. The fraction of sp³-hybridized carbons (Fsp3) is 0.533. The molecule has 0 saturated carbocycles. The van der Waals surface area contributed by atoms with Crippen molar-refractivity contribution in [3.63, 3.8) is 0 Å². The molecule has 0 spiro atoms. The number of likely N-dealkylation sites (N-methyl/N-ethyl adjacent to an activating group) is 1. The Morgan fingerprint density at radius 1 is 1.32 bits per heavy atom. The Morgan fingerprint density at radius 2 is 1.95 bits per heavy atom. The lowest BCUT2D eigenvalue weighted by Gasteiger charge is -2.47. The van der Waals surface area contributed by atoms with Gasteiger partial charge in [-0.3, -0.25) is 4.79 Å². The van der Waals surface area contributed by atoms with Crippen LogP contribution in [0.5, 0.6) is 0 Å². The van der Waals surface area contributed by atoms with Crippen molar-refractivity contribution >= 4 is 11.6 Å². The van der Waals surface area contributed by atoms with Crippen LogP contribution in [-0.4, -0.2) is 30.2 Å². The number of anilines is 1. The maximum atomic E-state index is 12.4. The molecular formula is C15H22N2O2. The van der Waals surface area contributed by atoms with E-state index in [-0.39, 0.29) is 5.91 Å². The zero-order valence-corrected chi connectivity index (χ0v) is 11.9. The number of nitrogens with zero attached hydrogens (tertiary/aromatic N) is 1. The highest BCUT2D eigenvalue weighted by atomic mass is 16.5. The van der Waals surface area contributed by atoms with E-state index >= 15 is 0 Å². The first kappa shape index (κ1) is 14.0. The Kier molecular flexibility index (Phi) is 3.92. The number of rotatable bonds is 2. The maximum absolute atomic E-state index is 12.4. The Balaban J connectivity index is 2.17. The first-order valence-electron chi connectivity index (χ1n) is 6.85. The van der Waals surface area contributed by atoms with E-state index in [0.29, 0.717) is 13.0 Å². The molecule has 4 nitrogen and oxygen atoms in total. The molecule has 1 saturated heterocycles. The number of likely N-dealkylation sites (tertiary alicyclic amines) is 1. The highest BCUT2D eigenvalue weighted by Gasteiger charge is 2.34. The van der Waals surface area contributed by atoms with Gasteiger partial charge in [0, 0.05) is 12.1 Å². The number of nitrogens with one attached hydrogen (secondary N) is 1. The van der Waals surface area contributed by atoms with E-state index in [4.69, 9.17) is 0 Å². The Labute approximate surface area is 114 Å². The van der Waals surface area contributed by atoms with Crippen molar-refractivity contribution in [1.82, 2.24) is 0 Å². The summed E-state index contributed by atoms with van der Waals surface area (Å²) >= 11 is 0. The van der Waals surface area contributed by atoms with Crippen LogP contribution in [0.2, 0.25) is 0 Å². The molecule has 1 aromatic rings. The van der Waals surface area contributed by atoms with Crippen molar-refractivity contribution in [2.75, 3.05) is 18.9 Å². The zero-order valence-electron chi connectivity index (χ0n) is 11.9. The Hall–Kier alpha value is -1.39. The molecule has 4 heteroatoms. The van der Waals surface area contributed by atoms with E-state index in [9.17, 15) is 10.0 Å². The van der Waals surface area contributed by atoms with Crippen molar-refractivity contribution in [3.8, 4) is 0 Å². The lowest BCUT2D eigenvalue weighted by atomic mass is 10.0. The molecule has 104 valence electrons. The molecule has 1 amide bonds. The molecule has 1 heterocycles. The van der Waals surface area contributed by atoms with Crippen molar-refractivity contribution in [2.24, 2.45) is 0 Å². The van der Waals surface area contributed by atoms with E-state index in [1.165, 1.54) is 0 Å². The summed E-state index contributed by atoms with van der Waals surface area (Å²) in [6, 6.07) is 5.42. The van der Waals surface area contributed by atoms with E-state index in [0.717, 1.165) is 29.7 Å². The molecule has 2 atom stereocenters. The second kappa shape index (κ2) is 5.31. The third-order valence-corrected chi connectivity index (χ3v) is 4.02. The highest BCUT2D eigenvalue weighted by molar-refractivity contribution is 5.95. The largest absolute Gasteiger partial charge is 0.632 e. The van der Waals surface area contributed by atoms with Crippen LogP contribution in [0.25, 0.3) is 0 Å². The normalized spacial score (nSPS) is 27.1. The number of hydrogen-bond donors (Lipinski definition) is 1. The van der Waals surface area contributed by atoms with Crippen molar-refractivity contribution < 1.29 is 9.44 Å². The zero-order chi connectivity index (χ0) is 14.0. The molecule has 1 fully saturated rings. The monoisotopic (exact) mass is 262 g/mol. The average molecular weight is 262 g/mol. The number of aryl methyl sites for hydroxylation is 2. The van der Waals surface area contributed by atoms with Gasteiger partial charge in [0.15, 0.2) is 6.04 Å². The van der Waals surface area contributed by atoms with Gasteiger partial charge in [-0.1, -0.05) is 18.2 Å². The van der Waals surface area contributed by atoms with Gasteiger partial charge in [-0.25, -0.2) is 0 Å². The SMILES string of the molecule is Cc1cccc(C)c1NC(=O)[C@@H]1CCCC[N+]1(C)[O-]. The minimum atomic E-state index is -0.479. The number of benzene rings is 1. The second-order valence-electron chi connectivity index (χ2n) is 5.67. The second-order valence-corrected chi connectivity index (χ2v) is 5.67. The Morgan fingerprint density at radius 3 is 2.53 bits per heavy atom. The third kappa shape index (κ3) is 2.96. The standard InChI is InChI=1S/C15H22N2O2/c1-11-7-6-8-12(2)14(11)16-15(18)13-9-4-5-10-17(13,3)19/h6-8,13H,4-5,9-10H2,1-3H3,(H,16,18)/t13-,17?/m0/s1. The molecule has 19 heavy (non-hydrogen) atoms. The highest BCUT2D eigenvalue weighted by Crippen LogP contribution is 2.25. The average Bonchev–Trinajstić information content (AvgIpc) is 2.33. The summed E-state index contributed by atoms with van der Waals surface area (Å²) in [6.45, 7) is 4.47. The van der Waals surface area contributed by atoms with Crippen molar-refractivity contribution in [1.29, 1.82) is 0 Å². The van der Waals surface area contributed by atoms with Crippen LogP contribution in [0.15, 0.2) is 18.2 Å². The van der Waals surface area contributed by atoms with Gasteiger partial charge in [-0.05, 0) is 37.8 Å². The first-order chi connectivity index (χ1) is 8.92. The molecule has 0 aliphatic carbocycles. The number of hydroxylamine groups is 3. The van der Waals surface area contributed by atoms with Gasteiger partial charge in [0.25, 0.3) is 5.91 Å². The summed E-state index contributed by atoms with van der Waals surface area (Å²) in [5.74, 6) is -0.144. The van der Waals surface area contributed by atoms with Crippen LogP contribution < -0.4 is 5.32 Å². The van der Waals surface area contributed by atoms with Crippen LogP contribution in [0.1, 0.15) is 30.4 Å². The van der Waals surface area contributed by atoms with Crippen LogP contribution in [0.4, 0.5) is 5.69 Å². The summed E-state index contributed by atoms with van der Waals surface area (Å²) < 4.78 is -0.448. The molecule has 1 unspecified atom stereocenters. The van der Waals surface area contributed by atoms with E-state index in [2.05, 4.69) is 5.32 Å². The van der Waals surface area contributed by atoms with Crippen LogP contribution >= 0.6 is 0 Å². The summed E-state index contributed by atoms with van der Waals surface area (Å²) in [7, 11) is 1.61. The number of quaternary nitrogens is 1. The van der Waals surface area contributed by atoms with Crippen molar-refractivity contribution in [3.05, 3.63) is 34.5 Å². The molecule has 1 aromatic carbocycles. The predicted molar refractivity (Wildman–Crippen MR) is 76.6 cm³/mol. The van der Waals surface area contributed by atoms with Gasteiger partial charge in [-0.2, -0.15) is 0 Å². The van der Waals surface area contributed by atoms with Gasteiger partial charge in [0.1, 0.15) is 0 Å². The van der Waals surface area contributed by atoms with Gasteiger partial charge in [0.05, 0.1) is 13.6 Å². The summed E-state index contributed by atoms with van der Waals surface area (Å²) in [6.07, 6.45) is 2.55. The quantitative estimate of drug-likeness (QED) is 0.658. The summed E-state index contributed by atoms with van der Waals surface area (Å²) in [5.41, 5.74) is 2.91. The molecule has 1 N–H and O–H groups in total. The van der Waals surface area contributed by atoms with Crippen LogP contribution in [0.3, 0.4) is 0 Å². The first-order valence-corrected chi connectivity index (χ1v) is 6.85.